The number of rotatable bonds is 2. The Morgan fingerprint density at radius 2 is 2.00 bits per heavy atom. The average Bonchev–Trinajstić information content (AvgIpc) is 2.39. The van der Waals surface area contributed by atoms with Crippen LogP contribution in [-0.4, -0.2) is 24.0 Å². The number of hydrogen-bond donors (Lipinski definition) is 2. The number of anilines is 1. The van der Waals surface area contributed by atoms with Crippen molar-refractivity contribution in [3.8, 4) is 0 Å². The number of alkyl halides is 3. The van der Waals surface area contributed by atoms with Crippen LogP contribution in [-0.2, 0) is 11.0 Å². The second-order valence-corrected chi connectivity index (χ2v) is 4.44. The second-order valence-electron chi connectivity index (χ2n) is 4.44. The van der Waals surface area contributed by atoms with Gasteiger partial charge in [-0.3, -0.25) is 4.79 Å². The first kappa shape index (κ1) is 13.8. The first-order valence-electron chi connectivity index (χ1n) is 6.01. The predicted octanol–water partition coefficient (Wildman–Crippen LogP) is 2.04. The maximum Gasteiger partial charge on any atom is 0.433 e. The largest absolute Gasteiger partial charge is 0.433 e. The molecule has 0 unspecified atom stereocenters. The van der Waals surface area contributed by atoms with Crippen LogP contribution < -0.4 is 10.6 Å². The number of nitrogens with one attached hydrogen (secondary N) is 2. The summed E-state index contributed by atoms with van der Waals surface area (Å²) in [6.45, 7) is 1.56. The molecular formula is C12H14F3N3O. The van der Waals surface area contributed by atoms with Crippen molar-refractivity contribution in [1.82, 2.24) is 10.3 Å². The Bertz CT molecular complexity index is 439. The van der Waals surface area contributed by atoms with Crippen molar-refractivity contribution in [3.05, 3.63) is 24.0 Å². The summed E-state index contributed by atoms with van der Waals surface area (Å²) in [5.74, 6) is -0.258. The zero-order valence-electron chi connectivity index (χ0n) is 10.1. The van der Waals surface area contributed by atoms with Gasteiger partial charge in [0.15, 0.2) is 0 Å². The molecule has 0 aliphatic carbocycles. The van der Waals surface area contributed by atoms with Crippen molar-refractivity contribution in [3.63, 3.8) is 0 Å². The van der Waals surface area contributed by atoms with Gasteiger partial charge < -0.3 is 10.6 Å². The van der Waals surface area contributed by atoms with Crippen LogP contribution in [0.25, 0.3) is 0 Å². The zero-order valence-corrected chi connectivity index (χ0v) is 10.1. The quantitative estimate of drug-likeness (QED) is 0.867. The molecule has 0 radical (unpaired) electrons. The van der Waals surface area contributed by atoms with Crippen LogP contribution in [0.5, 0.6) is 0 Å². The maximum atomic E-state index is 12.3. The number of carbonyl (C=O) groups excluding carboxylic acids is 1. The van der Waals surface area contributed by atoms with Crippen molar-refractivity contribution >= 4 is 11.6 Å². The van der Waals surface area contributed by atoms with Crippen LogP contribution in [0, 0.1) is 5.92 Å². The van der Waals surface area contributed by atoms with Gasteiger partial charge in [-0.2, -0.15) is 13.2 Å². The molecule has 0 atom stereocenters. The molecule has 1 aromatic rings. The number of amides is 1. The summed E-state index contributed by atoms with van der Waals surface area (Å²) in [5, 5.41) is 5.73. The van der Waals surface area contributed by atoms with Crippen LogP contribution in [0.15, 0.2) is 18.3 Å². The molecule has 0 saturated carbocycles. The summed E-state index contributed by atoms with van der Waals surface area (Å²) in [6.07, 6.45) is -1.96. The second kappa shape index (κ2) is 5.56. The minimum Gasteiger partial charge on any atom is -0.324 e. The molecule has 104 valence electrons. The molecule has 2 N–H and O–H groups in total. The molecule has 2 rings (SSSR count). The Kier molecular flexibility index (Phi) is 4.04. The Balaban J connectivity index is 1.97. The van der Waals surface area contributed by atoms with Crippen LogP contribution in [0.3, 0.4) is 0 Å². The summed E-state index contributed by atoms with van der Waals surface area (Å²) < 4.78 is 36.9. The van der Waals surface area contributed by atoms with E-state index in [1.807, 2.05) is 0 Å². The summed E-state index contributed by atoms with van der Waals surface area (Å²) in [4.78, 5) is 15.2. The number of nitrogens with zero attached hydrogens (tertiary/aromatic N) is 1. The van der Waals surface area contributed by atoms with E-state index in [9.17, 15) is 18.0 Å². The van der Waals surface area contributed by atoms with Crippen LogP contribution >= 0.6 is 0 Å². The van der Waals surface area contributed by atoms with E-state index in [4.69, 9.17) is 0 Å². The van der Waals surface area contributed by atoms with Crippen LogP contribution in [0.4, 0.5) is 18.9 Å². The Hall–Kier alpha value is -1.63. The van der Waals surface area contributed by atoms with E-state index < -0.39 is 11.9 Å². The lowest BCUT2D eigenvalue weighted by Crippen LogP contribution is -2.34. The molecule has 1 aliphatic heterocycles. The molecule has 1 fully saturated rings. The first-order valence-corrected chi connectivity index (χ1v) is 6.01. The fraction of sp³-hybridized carbons (Fsp3) is 0.500. The van der Waals surface area contributed by atoms with Gasteiger partial charge in [0.1, 0.15) is 5.69 Å². The highest BCUT2D eigenvalue weighted by atomic mass is 19.4. The molecule has 1 saturated heterocycles. The minimum atomic E-state index is -4.46. The molecule has 1 amide bonds. The van der Waals surface area contributed by atoms with Gasteiger partial charge in [-0.05, 0) is 38.1 Å². The third-order valence-corrected chi connectivity index (χ3v) is 3.03. The van der Waals surface area contributed by atoms with Gasteiger partial charge in [-0.15, -0.1) is 0 Å². The fourth-order valence-electron chi connectivity index (χ4n) is 1.96. The summed E-state index contributed by atoms with van der Waals surface area (Å²) in [5.41, 5.74) is -0.677. The van der Waals surface area contributed by atoms with Crippen LogP contribution in [0.2, 0.25) is 0 Å². The lowest BCUT2D eigenvalue weighted by Gasteiger charge is -2.21. The zero-order chi connectivity index (χ0) is 13.9. The number of piperidine rings is 1. The molecule has 2 heterocycles. The van der Waals surface area contributed by atoms with E-state index in [0.29, 0.717) is 0 Å². The van der Waals surface area contributed by atoms with Gasteiger partial charge in [0.05, 0.1) is 11.9 Å². The molecule has 0 spiro atoms. The fourth-order valence-corrected chi connectivity index (χ4v) is 1.96. The molecule has 0 aromatic carbocycles. The Labute approximate surface area is 108 Å². The van der Waals surface area contributed by atoms with Gasteiger partial charge in [-0.1, -0.05) is 0 Å². The van der Waals surface area contributed by atoms with E-state index in [1.54, 1.807) is 0 Å². The molecular weight excluding hydrogens is 259 g/mol. The SMILES string of the molecule is O=C(Nc1ccc(C(F)(F)F)nc1)C1CCNCC1. The third kappa shape index (κ3) is 3.66. The highest BCUT2D eigenvalue weighted by Crippen LogP contribution is 2.27. The smallest absolute Gasteiger partial charge is 0.324 e. The van der Waals surface area contributed by atoms with Gasteiger partial charge in [0.25, 0.3) is 0 Å². The highest BCUT2D eigenvalue weighted by Gasteiger charge is 2.32. The van der Waals surface area contributed by atoms with E-state index in [0.717, 1.165) is 38.2 Å². The van der Waals surface area contributed by atoms with Crippen molar-refractivity contribution in [2.75, 3.05) is 18.4 Å². The van der Waals surface area contributed by atoms with Gasteiger partial charge >= 0.3 is 6.18 Å². The molecule has 7 heteroatoms. The number of carbonyl (C=O) groups is 1. The molecule has 4 nitrogen and oxygen atoms in total. The molecule has 1 aromatic heterocycles. The van der Waals surface area contributed by atoms with E-state index >= 15 is 0 Å². The lowest BCUT2D eigenvalue weighted by molar-refractivity contribution is -0.141. The normalized spacial score (nSPS) is 17.2. The number of halogens is 3. The van der Waals surface area contributed by atoms with Crippen molar-refractivity contribution in [1.29, 1.82) is 0 Å². The summed E-state index contributed by atoms with van der Waals surface area (Å²) in [7, 11) is 0. The van der Waals surface area contributed by atoms with Gasteiger partial charge in [0, 0.05) is 5.92 Å². The average molecular weight is 273 g/mol. The predicted molar refractivity (Wildman–Crippen MR) is 63.5 cm³/mol. The summed E-state index contributed by atoms with van der Waals surface area (Å²) >= 11 is 0. The Morgan fingerprint density at radius 3 is 2.53 bits per heavy atom. The topological polar surface area (TPSA) is 54.0 Å². The molecule has 19 heavy (non-hydrogen) atoms. The van der Waals surface area contributed by atoms with Crippen molar-refractivity contribution < 1.29 is 18.0 Å². The Morgan fingerprint density at radius 1 is 1.32 bits per heavy atom. The number of hydrogen-bond acceptors (Lipinski definition) is 3. The van der Waals surface area contributed by atoms with Crippen molar-refractivity contribution in [2.45, 2.75) is 19.0 Å². The van der Waals surface area contributed by atoms with E-state index in [1.165, 1.54) is 6.07 Å². The first-order chi connectivity index (χ1) is 8.97. The van der Waals surface area contributed by atoms with Gasteiger partial charge in [-0.25, -0.2) is 4.98 Å². The minimum absolute atomic E-state index is 0.0939. The molecule has 0 bridgehead atoms. The van der Waals surface area contributed by atoms with E-state index in [2.05, 4.69) is 15.6 Å². The number of aromatic nitrogens is 1. The van der Waals surface area contributed by atoms with E-state index in [-0.39, 0.29) is 17.5 Å². The lowest BCUT2D eigenvalue weighted by atomic mass is 9.97. The van der Waals surface area contributed by atoms with Crippen molar-refractivity contribution in [2.24, 2.45) is 5.92 Å². The molecule has 1 aliphatic rings. The number of pyridine rings is 1. The maximum absolute atomic E-state index is 12.3. The highest BCUT2D eigenvalue weighted by molar-refractivity contribution is 5.92. The standard InChI is InChI=1S/C12H14F3N3O/c13-12(14,15)10-2-1-9(7-17-10)18-11(19)8-3-5-16-6-4-8/h1-2,7-8,16H,3-6H2,(H,18,19). The third-order valence-electron chi connectivity index (χ3n) is 3.03. The monoisotopic (exact) mass is 273 g/mol. The van der Waals surface area contributed by atoms with Gasteiger partial charge in [0.2, 0.25) is 5.91 Å². The van der Waals surface area contributed by atoms with Crippen LogP contribution in [0.1, 0.15) is 18.5 Å². The summed E-state index contributed by atoms with van der Waals surface area (Å²) in [6, 6.07) is 2.08.